The highest BCUT2D eigenvalue weighted by atomic mass is 32.1. The number of nitrogens with zero attached hydrogens (tertiary/aromatic N) is 2. The van der Waals surface area contributed by atoms with Gasteiger partial charge in [0.25, 0.3) is 5.91 Å². The number of anilines is 1. The van der Waals surface area contributed by atoms with Crippen LogP contribution < -0.4 is 15.2 Å². The highest BCUT2D eigenvalue weighted by Crippen LogP contribution is 2.34. The largest absolute Gasteiger partial charge is 0.497 e. The third-order valence-electron chi connectivity index (χ3n) is 4.56. The molecule has 140 valence electrons. The summed E-state index contributed by atoms with van der Waals surface area (Å²) < 4.78 is 12.9. The van der Waals surface area contributed by atoms with Crippen molar-refractivity contribution in [2.24, 2.45) is 0 Å². The smallest absolute Gasteiger partial charge is 0.267 e. The third kappa shape index (κ3) is 3.57. The van der Waals surface area contributed by atoms with Gasteiger partial charge in [0.1, 0.15) is 22.2 Å². The lowest BCUT2D eigenvalue weighted by Crippen LogP contribution is -2.31. The van der Waals surface area contributed by atoms with Gasteiger partial charge in [0.05, 0.1) is 19.9 Å². The molecule has 0 unspecified atom stereocenters. The Morgan fingerprint density at radius 2 is 1.85 bits per heavy atom. The number of benzene rings is 1. The van der Waals surface area contributed by atoms with Gasteiger partial charge >= 0.3 is 0 Å². The molecule has 0 saturated carbocycles. The number of carbonyl (C=O) groups excluding carboxylic acids is 1. The number of nitrogen functional groups attached to an aromatic ring is 1. The average molecular weight is 394 g/mol. The first-order chi connectivity index (χ1) is 12.6. The van der Waals surface area contributed by atoms with Gasteiger partial charge in [-0.25, -0.2) is 0 Å². The van der Waals surface area contributed by atoms with Crippen LogP contribution in [0.4, 0.5) is 5.82 Å². The Bertz CT molecular complexity index is 852. The van der Waals surface area contributed by atoms with Crippen LogP contribution in [0.1, 0.15) is 35.4 Å². The summed E-state index contributed by atoms with van der Waals surface area (Å²) >= 11 is 6.75. The van der Waals surface area contributed by atoms with Gasteiger partial charge in [0, 0.05) is 19.2 Å². The quantitative estimate of drug-likeness (QED) is 0.798. The summed E-state index contributed by atoms with van der Waals surface area (Å²) in [5.74, 6) is 1.58. The highest BCUT2D eigenvalue weighted by molar-refractivity contribution is 7.73. The van der Waals surface area contributed by atoms with Gasteiger partial charge in [-0.3, -0.25) is 9.36 Å². The molecule has 1 amide bonds. The Labute approximate surface area is 162 Å². The lowest BCUT2D eigenvalue weighted by molar-refractivity contribution is 0.0767. The number of carbonyl (C=O) groups is 1. The fourth-order valence-electron chi connectivity index (χ4n) is 3.16. The normalized spacial score (nSPS) is 14.8. The molecule has 0 bridgehead atoms. The summed E-state index contributed by atoms with van der Waals surface area (Å²) in [4.78, 5) is 15.4. The molecule has 1 saturated heterocycles. The van der Waals surface area contributed by atoms with Crippen molar-refractivity contribution in [2.75, 3.05) is 33.0 Å². The number of amides is 1. The van der Waals surface area contributed by atoms with Crippen molar-refractivity contribution in [3.63, 3.8) is 0 Å². The summed E-state index contributed by atoms with van der Waals surface area (Å²) in [5, 5.41) is 0. The zero-order valence-electron chi connectivity index (χ0n) is 15.0. The van der Waals surface area contributed by atoms with Crippen molar-refractivity contribution in [3.05, 3.63) is 27.0 Å². The Balaban J connectivity index is 2.04. The number of hydrogen-bond donors (Lipinski definition) is 1. The molecule has 0 spiro atoms. The van der Waals surface area contributed by atoms with Crippen LogP contribution in [0.5, 0.6) is 11.5 Å². The fourth-order valence-corrected chi connectivity index (χ4v) is 4.48. The van der Waals surface area contributed by atoms with E-state index in [1.807, 2.05) is 4.90 Å². The van der Waals surface area contributed by atoms with Crippen LogP contribution in [0, 0.1) is 3.95 Å². The van der Waals surface area contributed by atoms with Gasteiger partial charge in [0.2, 0.25) is 0 Å². The molecule has 0 atom stereocenters. The zero-order valence-corrected chi connectivity index (χ0v) is 16.6. The predicted molar refractivity (Wildman–Crippen MR) is 106 cm³/mol. The van der Waals surface area contributed by atoms with E-state index in [0.717, 1.165) is 38.8 Å². The first-order valence-electron chi connectivity index (χ1n) is 8.59. The van der Waals surface area contributed by atoms with E-state index in [4.69, 9.17) is 27.4 Å². The van der Waals surface area contributed by atoms with Crippen molar-refractivity contribution in [3.8, 4) is 17.2 Å². The van der Waals surface area contributed by atoms with Gasteiger partial charge in [-0.15, -0.1) is 0 Å². The second-order valence-electron chi connectivity index (χ2n) is 6.16. The molecule has 3 rings (SSSR count). The molecule has 2 aromatic rings. The van der Waals surface area contributed by atoms with E-state index in [2.05, 4.69) is 0 Å². The Morgan fingerprint density at radius 1 is 1.15 bits per heavy atom. The minimum absolute atomic E-state index is 0.0406. The van der Waals surface area contributed by atoms with E-state index in [9.17, 15) is 4.79 Å². The highest BCUT2D eigenvalue weighted by Gasteiger charge is 2.25. The van der Waals surface area contributed by atoms with Crippen LogP contribution in [0.2, 0.25) is 0 Å². The minimum Gasteiger partial charge on any atom is -0.497 e. The van der Waals surface area contributed by atoms with Crippen LogP contribution in [-0.4, -0.2) is 42.7 Å². The summed E-state index contributed by atoms with van der Waals surface area (Å²) in [6.45, 7) is 1.54. The number of ether oxygens (including phenoxy) is 2. The van der Waals surface area contributed by atoms with Crippen LogP contribution in [0.15, 0.2) is 18.2 Å². The maximum Gasteiger partial charge on any atom is 0.267 e. The summed E-state index contributed by atoms with van der Waals surface area (Å²) in [7, 11) is 3.18. The van der Waals surface area contributed by atoms with Crippen LogP contribution in [-0.2, 0) is 0 Å². The first-order valence-corrected chi connectivity index (χ1v) is 9.82. The summed E-state index contributed by atoms with van der Waals surface area (Å²) in [6, 6.07) is 5.40. The Kier molecular flexibility index (Phi) is 5.83. The molecular weight excluding hydrogens is 370 g/mol. The van der Waals surface area contributed by atoms with Gasteiger partial charge in [-0.05, 0) is 37.2 Å². The second-order valence-corrected chi connectivity index (χ2v) is 7.81. The fraction of sp³-hybridized carbons (Fsp3) is 0.444. The van der Waals surface area contributed by atoms with E-state index >= 15 is 0 Å². The first kappa shape index (κ1) is 18.7. The molecule has 1 aromatic carbocycles. The maximum atomic E-state index is 13.0. The van der Waals surface area contributed by atoms with Crippen molar-refractivity contribution in [1.29, 1.82) is 0 Å². The third-order valence-corrected chi connectivity index (χ3v) is 5.94. The molecule has 2 heterocycles. The standard InChI is InChI=1S/C18H23N3O3S2/c1-23-12-7-8-14(24-2)13(11-12)21-16(19)15(26-18(21)25)17(22)20-9-5-3-4-6-10-20/h7-8,11H,3-6,9-10,19H2,1-2H3. The van der Waals surface area contributed by atoms with Crippen LogP contribution in [0.25, 0.3) is 5.69 Å². The number of nitrogens with two attached hydrogens (primary N) is 1. The molecule has 0 radical (unpaired) electrons. The molecular formula is C18H23N3O3S2. The minimum atomic E-state index is -0.0406. The predicted octanol–water partition coefficient (Wildman–Crippen LogP) is 3.88. The van der Waals surface area contributed by atoms with Crippen LogP contribution in [0.3, 0.4) is 0 Å². The molecule has 1 aliphatic heterocycles. The molecule has 1 aromatic heterocycles. The summed E-state index contributed by atoms with van der Waals surface area (Å²) in [5.41, 5.74) is 7.03. The van der Waals surface area contributed by atoms with E-state index in [0.29, 0.717) is 31.8 Å². The molecule has 1 fully saturated rings. The average Bonchev–Trinajstić information content (AvgIpc) is 2.84. The van der Waals surface area contributed by atoms with Gasteiger partial charge in [-0.1, -0.05) is 24.2 Å². The van der Waals surface area contributed by atoms with Gasteiger partial charge in [0.15, 0.2) is 3.95 Å². The number of aromatic nitrogens is 1. The number of hydrogen-bond acceptors (Lipinski definition) is 6. The van der Waals surface area contributed by atoms with Gasteiger partial charge in [-0.2, -0.15) is 0 Å². The monoisotopic (exact) mass is 393 g/mol. The lowest BCUT2D eigenvalue weighted by atomic mass is 10.2. The van der Waals surface area contributed by atoms with Crippen molar-refractivity contribution in [1.82, 2.24) is 9.47 Å². The van der Waals surface area contributed by atoms with Gasteiger partial charge < -0.3 is 20.1 Å². The maximum absolute atomic E-state index is 13.0. The lowest BCUT2D eigenvalue weighted by Gasteiger charge is -2.19. The van der Waals surface area contributed by atoms with Crippen molar-refractivity contribution >= 4 is 35.3 Å². The number of likely N-dealkylation sites (tertiary alicyclic amines) is 1. The second kappa shape index (κ2) is 8.09. The molecule has 6 nitrogen and oxygen atoms in total. The van der Waals surface area contributed by atoms with E-state index in [-0.39, 0.29) is 5.91 Å². The van der Waals surface area contributed by atoms with E-state index in [1.54, 1.807) is 37.0 Å². The topological polar surface area (TPSA) is 69.7 Å². The number of rotatable bonds is 4. The molecule has 1 aliphatic rings. The molecule has 8 heteroatoms. The number of thiazole rings is 1. The zero-order chi connectivity index (χ0) is 18.7. The Morgan fingerprint density at radius 3 is 2.46 bits per heavy atom. The Hall–Kier alpha value is -2.06. The molecule has 0 aliphatic carbocycles. The van der Waals surface area contributed by atoms with Crippen molar-refractivity contribution in [2.45, 2.75) is 25.7 Å². The van der Waals surface area contributed by atoms with E-state index in [1.165, 1.54) is 11.3 Å². The van der Waals surface area contributed by atoms with E-state index < -0.39 is 0 Å². The van der Waals surface area contributed by atoms with Crippen molar-refractivity contribution < 1.29 is 14.3 Å². The van der Waals surface area contributed by atoms with Crippen LogP contribution >= 0.6 is 23.6 Å². The number of methoxy groups -OCH3 is 2. The molecule has 26 heavy (non-hydrogen) atoms. The summed E-state index contributed by atoms with van der Waals surface area (Å²) in [6.07, 6.45) is 4.39. The SMILES string of the molecule is COc1ccc(OC)c(-n2c(N)c(C(=O)N3CCCCCC3)sc2=S)c1. The molecule has 2 N–H and O–H groups in total.